The quantitative estimate of drug-likeness (QED) is 0.229. The molecule has 190 valence electrons. The van der Waals surface area contributed by atoms with Crippen LogP contribution in [0.25, 0.3) is 0 Å². The molecule has 1 aromatic carbocycles. The van der Waals surface area contributed by atoms with Crippen molar-refractivity contribution < 1.29 is 23.9 Å². The van der Waals surface area contributed by atoms with Crippen molar-refractivity contribution in [2.75, 3.05) is 11.9 Å². The number of hydrogen-bond acceptors (Lipinski definition) is 6. The van der Waals surface area contributed by atoms with Crippen LogP contribution in [-0.4, -0.2) is 48.0 Å². The summed E-state index contributed by atoms with van der Waals surface area (Å²) >= 11 is 0. The number of rotatable bonds is 12. The monoisotopic (exact) mass is 477 g/mol. The Morgan fingerprint density at radius 3 is 2.15 bits per heavy atom. The summed E-state index contributed by atoms with van der Waals surface area (Å²) in [6, 6.07) is 4.93. The zero-order valence-corrected chi connectivity index (χ0v) is 21.0. The highest BCUT2D eigenvalue weighted by atomic mass is 16.5. The molecule has 0 aliphatic rings. The molecular weight excluding hydrogens is 438 g/mol. The van der Waals surface area contributed by atoms with Gasteiger partial charge in [0.25, 0.3) is 0 Å². The molecule has 0 fully saturated rings. The number of primary amides is 1. The molecule has 10 nitrogen and oxygen atoms in total. The molecule has 0 saturated carbocycles. The van der Waals surface area contributed by atoms with Crippen molar-refractivity contribution in [3.8, 4) is 0 Å². The standard InChI is InChI=1S/C24H39N5O5/c1-15(2)20(29-24(4,5)6)22(32)28-19(8-7-13-26-23(25)33)21(31)27-18-11-9-17(10-12-18)14-34-16(3)30/h9-12,15,19-20,29H,7-8,13-14H2,1-6H3,(H,27,31)(H,28,32)(H3,25,26,33)/t19-,20-/m0/s1. The van der Waals surface area contributed by atoms with Gasteiger partial charge >= 0.3 is 12.0 Å². The number of anilines is 1. The number of nitrogens with one attached hydrogen (secondary N) is 4. The van der Waals surface area contributed by atoms with Crippen LogP contribution in [0.3, 0.4) is 0 Å². The molecule has 0 aliphatic carbocycles. The van der Waals surface area contributed by atoms with Crippen LogP contribution in [0.4, 0.5) is 10.5 Å². The molecule has 1 rings (SSSR count). The van der Waals surface area contributed by atoms with Crippen LogP contribution < -0.4 is 27.0 Å². The fourth-order valence-corrected chi connectivity index (χ4v) is 3.15. The molecular formula is C24H39N5O5. The third-order valence-corrected chi connectivity index (χ3v) is 4.80. The number of urea groups is 1. The Balaban J connectivity index is 2.90. The fraction of sp³-hybridized carbons (Fsp3) is 0.583. The van der Waals surface area contributed by atoms with E-state index in [2.05, 4.69) is 21.3 Å². The molecule has 0 bridgehead atoms. The van der Waals surface area contributed by atoms with Crippen molar-refractivity contribution in [2.24, 2.45) is 11.7 Å². The lowest BCUT2D eigenvalue weighted by atomic mass is 9.98. The number of ether oxygens (including phenoxy) is 1. The van der Waals surface area contributed by atoms with Crippen molar-refractivity contribution in [2.45, 2.75) is 78.6 Å². The molecule has 1 aromatic rings. The number of amides is 4. The Labute approximate surface area is 201 Å². The van der Waals surface area contributed by atoms with Gasteiger partial charge in [-0.25, -0.2) is 4.79 Å². The van der Waals surface area contributed by atoms with Crippen LogP contribution in [-0.2, 0) is 25.7 Å². The van der Waals surface area contributed by atoms with Gasteiger partial charge in [0.1, 0.15) is 12.6 Å². The Morgan fingerprint density at radius 1 is 1.03 bits per heavy atom. The van der Waals surface area contributed by atoms with Crippen molar-refractivity contribution in [1.29, 1.82) is 0 Å². The molecule has 10 heteroatoms. The van der Waals surface area contributed by atoms with Gasteiger partial charge in [-0.2, -0.15) is 0 Å². The Hall–Kier alpha value is -3.14. The van der Waals surface area contributed by atoms with Gasteiger partial charge in [0.05, 0.1) is 6.04 Å². The van der Waals surface area contributed by atoms with Gasteiger partial charge in [-0.1, -0.05) is 26.0 Å². The third-order valence-electron chi connectivity index (χ3n) is 4.80. The molecule has 0 aliphatic heterocycles. The lowest BCUT2D eigenvalue weighted by Gasteiger charge is -2.31. The van der Waals surface area contributed by atoms with Gasteiger partial charge in [-0.3, -0.25) is 14.4 Å². The Kier molecular flexibility index (Phi) is 11.5. The van der Waals surface area contributed by atoms with Crippen LogP contribution in [0, 0.1) is 5.92 Å². The largest absolute Gasteiger partial charge is 0.461 e. The first-order chi connectivity index (χ1) is 15.8. The molecule has 0 spiro atoms. The van der Waals surface area contributed by atoms with Gasteiger partial charge in [0.15, 0.2) is 0 Å². The summed E-state index contributed by atoms with van der Waals surface area (Å²) in [4.78, 5) is 48.0. The lowest BCUT2D eigenvalue weighted by molar-refractivity contribution is -0.142. The van der Waals surface area contributed by atoms with Crippen molar-refractivity contribution in [3.05, 3.63) is 29.8 Å². The van der Waals surface area contributed by atoms with E-state index in [4.69, 9.17) is 10.5 Å². The van der Waals surface area contributed by atoms with Crippen LogP contribution >= 0.6 is 0 Å². The molecule has 4 amide bonds. The fourth-order valence-electron chi connectivity index (χ4n) is 3.15. The molecule has 6 N–H and O–H groups in total. The zero-order valence-electron chi connectivity index (χ0n) is 21.0. The zero-order chi connectivity index (χ0) is 25.9. The minimum absolute atomic E-state index is 0.00392. The number of hydrogen-bond donors (Lipinski definition) is 5. The van der Waals surface area contributed by atoms with Crippen LogP contribution in [0.2, 0.25) is 0 Å². The Bertz CT molecular complexity index is 833. The summed E-state index contributed by atoms with van der Waals surface area (Å²) in [5.74, 6) is -1.02. The van der Waals surface area contributed by atoms with Crippen molar-refractivity contribution in [1.82, 2.24) is 16.0 Å². The van der Waals surface area contributed by atoms with Crippen LogP contribution in [0.15, 0.2) is 24.3 Å². The first-order valence-electron chi connectivity index (χ1n) is 11.4. The van der Waals surface area contributed by atoms with Gasteiger partial charge in [-0.15, -0.1) is 0 Å². The molecule has 0 unspecified atom stereocenters. The highest BCUT2D eigenvalue weighted by Crippen LogP contribution is 2.13. The number of carbonyl (C=O) groups is 4. The lowest BCUT2D eigenvalue weighted by Crippen LogP contribution is -2.57. The SMILES string of the molecule is CC(=O)OCc1ccc(NC(=O)[C@H](CCCNC(N)=O)NC(=O)[C@@H](NC(C)(C)C)C(C)C)cc1. The predicted octanol–water partition coefficient (Wildman–Crippen LogP) is 2.03. The van der Waals surface area contributed by atoms with Gasteiger partial charge in [0.2, 0.25) is 11.8 Å². The number of nitrogens with two attached hydrogens (primary N) is 1. The van der Waals surface area contributed by atoms with E-state index >= 15 is 0 Å². The molecule has 0 radical (unpaired) electrons. The Morgan fingerprint density at radius 2 is 1.65 bits per heavy atom. The highest BCUT2D eigenvalue weighted by Gasteiger charge is 2.30. The highest BCUT2D eigenvalue weighted by molar-refractivity contribution is 5.97. The van der Waals surface area contributed by atoms with Gasteiger partial charge in [-0.05, 0) is 57.2 Å². The van der Waals surface area contributed by atoms with E-state index in [0.29, 0.717) is 18.5 Å². The van der Waals surface area contributed by atoms with E-state index in [1.165, 1.54) is 6.92 Å². The first kappa shape index (κ1) is 28.9. The summed E-state index contributed by atoms with van der Waals surface area (Å²) in [6.07, 6.45) is 0.754. The van der Waals surface area contributed by atoms with E-state index in [1.54, 1.807) is 24.3 Å². The maximum absolute atomic E-state index is 13.1. The number of carbonyl (C=O) groups excluding carboxylic acids is 4. The predicted molar refractivity (Wildman–Crippen MR) is 131 cm³/mol. The molecule has 2 atom stereocenters. The van der Waals surface area contributed by atoms with Crippen molar-refractivity contribution in [3.63, 3.8) is 0 Å². The van der Waals surface area contributed by atoms with E-state index in [0.717, 1.165) is 5.56 Å². The smallest absolute Gasteiger partial charge is 0.312 e. The second-order valence-corrected chi connectivity index (χ2v) is 9.58. The normalized spacial score (nSPS) is 13.0. The second kappa shape index (κ2) is 13.5. The van der Waals surface area contributed by atoms with E-state index in [-0.39, 0.29) is 42.4 Å². The number of esters is 1. The first-order valence-corrected chi connectivity index (χ1v) is 11.4. The van der Waals surface area contributed by atoms with Gasteiger partial charge < -0.3 is 31.7 Å². The third kappa shape index (κ3) is 11.6. The summed E-state index contributed by atoms with van der Waals surface area (Å²) < 4.78 is 4.96. The molecule has 0 aromatic heterocycles. The van der Waals surface area contributed by atoms with E-state index in [9.17, 15) is 19.2 Å². The maximum Gasteiger partial charge on any atom is 0.312 e. The van der Waals surface area contributed by atoms with Crippen molar-refractivity contribution >= 4 is 29.5 Å². The minimum atomic E-state index is -0.814. The molecule has 0 heterocycles. The minimum Gasteiger partial charge on any atom is -0.461 e. The van der Waals surface area contributed by atoms with Crippen LogP contribution in [0.5, 0.6) is 0 Å². The topological polar surface area (TPSA) is 152 Å². The van der Waals surface area contributed by atoms with E-state index < -0.39 is 18.1 Å². The second-order valence-electron chi connectivity index (χ2n) is 9.58. The summed E-state index contributed by atoms with van der Waals surface area (Å²) in [5.41, 5.74) is 6.13. The van der Waals surface area contributed by atoms with E-state index in [1.807, 2.05) is 34.6 Å². The summed E-state index contributed by atoms with van der Waals surface area (Å²) in [7, 11) is 0. The summed E-state index contributed by atoms with van der Waals surface area (Å²) in [6.45, 7) is 11.6. The average Bonchev–Trinajstić information content (AvgIpc) is 2.72. The number of benzene rings is 1. The molecule has 0 saturated heterocycles. The van der Waals surface area contributed by atoms with Crippen LogP contribution in [0.1, 0.15) is 59.9 Å². The van der Waals surface area contributed by atoms with Gasteiger partial charge in [0, 0.05) is 24.7 Å². The maximum atomic E-state index is 13.1. The molecule has 34 heavy (non-hydrogen) atoms. The summed E-state index contributed by atoms with van der Waals surface area (Å²) in [5, 5.41) is 11.5. The average molecular weight is 478 g/mol.